The zero-order valence-corrected chi connectivity index (χ0v) is 15.9. The van der Waals surface area contributed by atoms with Crippen molar-refractivity contribution >= 4 is 5.91 Å². The number of hydrogen-bond donors (Lipinski definition) is 0. The van der Waals surface area contributed by atoms with Crippen LogP contribution in [0.15, 0.2) is 18.2 Å². The number of likely N-dealkylation sites (tertiary alicyclic amines) is 1. The number of benzene rings is 1. The normalized spacial score (nSPS) is 28.3. The van der Waals surface area contributed by atoms with Crippen LogP contribution in [-0.2, 0) is 14.9 Å². The topological polar surface area (TPSA) is 32.8 Å². The first-order valence-electron chi connectivity index (χ1n) is 10.4. The van der Waals surface area contributed by atoms with E-state index in [1.165, 1.54) is 12.0 Å². The number of ether oxygens (including phenoxy) is 1. The van der Waals surface area contributed by atoms with Crippen LogP contribution in [0.5, 0.6) is 0 Å². The number of amides is 1. The molecule has 4 heteroatoms. The molecule has 2 aliphatic carbocycles. The minimum absolute atomic E-state index is 0.269. The molecule has 1 aromatic carbocycles. The molecular weight excluding hydrogens is 324 g/mol. The first kappa shape index (κ1) is 16.8. The van der Waals surface area contributed by atoms with Gasteiger partial charge < -0.3 is 9.64 Å². The molecule has 2 heterocycles. The van der Waals surface area contributed by atoms with Gasteiger partial charge in [-0.3, -0.25) is 9.69 Å². The maximum Gasteiger partial charge on any atom is 0.225 e. The largest absolute Gasteiger partial charge is 0.379 e. The number of aryl methyl sites for hydroxylation is 1. The maximum atomic E-state index is 12.5. The van der Waals surface area contributed by atoms with E-state index in [0.717, 1.165) is 65.1 Å². The third-order valence-electron chi connectivity index (χ3n) is 7.17. The zero-order valence-electron chi connectivity index (χ0n) is 15.9. The van der Waals surface area contributed by atoms with Crippen LogP contribution in [0.4, 0.5) is 0 Å². The van der Waals surface area contributed by atoms with Crippen molar-refractivity contribution in [2.24, 2.45) is 5.92 Å². The van der Waals surface area contributed by atoms with E-state index in [1.54, 1.807) is 11.1 Å². The van der Waals surface area contributed by atoms with Crippen LogP contribution < -0.4 is 0 Å². The average molecular weight is 354 g/mol. The van der Waals surface area contributed by atoms with Crippen molar-refractivity contribution in [1.29, 1.82) is 0 Å². The van der Waals surface area contributed by atoms with Crippen molar-refractivity contribution in [3.05, 3.63) is 34.9 Å². The van der Waals surface area contributed by atoms with Crippen molar-refractivity contribution in [3.8, 4) is 0 Å². The van der Waals surface area contributed by atoms with Crippen LogP contribution in [0, 0.1) is 12.8 Å². The van der Waals surface area contributed by atoms with Gasteiger partial charge in [-0.2, -0.15) is 0 Å². The van der Waals surface area contributed by atoms with Gasteiger partial charge in [-0.15, -0.1) is 0 Å². The Morgan fingerprint density at radius 2 is 1.85 bits per heavy atom. The SMILES string of the molecule is Cc1ccc2c(c1)C1(CCN(C(=O)C3CC3)CC1)C[C@H]2N1CCOCC1. The number of fused-ring (bicyclic) bond motifs is 2. The average Bonchev–Trinajstić information content (AvgIpc) is 3.48. The molecule has 3 fully saturated rings. The Morgan fingerprint density at radius 3 is 2.54 bits per heavy atom. The van der Waals surface area contributed by atoms with Gasteiger partial charge in [0.1, 0.15) is 0 Å². The molecular formula is C22H30N2O2. The van der Waals surface area contributed by atoms with E-state index in [-0.39, 0.29) is 5.41 Å². The monoisotopic (exact) mass is 354 g/mol. The second-order valence-corrected chi connectivity index (χ2v) is 8.84. The standard InChI is InChI=1S/C22H30N2O2/c1-16-2-5-18-19(14-16)22(15-20(18)23-10-12-26-13-11-23)6-8-24(9-7-22)21(25)17-3-4-17/h2,5,14,17,20H,3-4,6-13,15H2,1H3/t20-/m1/s1. The lowest BCUT2D eigenvalue weighted by atomic mass is 9.73. The predicted molar refractivity (Wildman–Crippen MR) is 101 cm³/mol. The predicted octanol–water partition coefficient (Wildman–Crippen LogP) is 3.04. The Kier molecular flexibility index (Phi) is 4.09. The molecule has 0 unspecified atom stereocenters. The minimum Gasteiger partial charge on any atom is -0.379 e. The number of morpholine rings is 1. The van der Waals surface area contributed by atoms with Gasteiger partial charge in [-0.05, 0) is 50.2 Å². The number of nitrogens with zero attached hydrogens (tertiary/aromatic N) is 2. The number of hydrogen-bond acceptors (Lipinski definition) is 3. The van der Waals surface area contributed by atoms with Gasteiger partial charge >= 0.3 is 0 Å². The number of piperidine rings is 1. The van der Waals surface area contributed by atoms with E-state index in [2.05, 4.69) is 34.9 Å². The number of rotatable bonds is 2. The molecule has 2 aliphatic heterocycles. The number of carbonyl (C=O) groups excluding carboxylic acids is 1. The molecule has 0 radical (unpaired) electrons. The highest BCUT2D eigenvalue weighted by Gasteiger charge is 2.48. The van der Waals surface area contributed by atoms with Crippen LogP contribution in [0.1, 0.15) is 54.8 Å². The fraction of sp³-hybridized carbons (Fsp3) is 0.682. The smallest absolute Gasteiger partial charge is 0.225 e. The third-order valence-corrected chi connectivity index (χ3v) is 7.17. The summed E-state index contributed by atoms with van der Waals surface area (Å²) in [6.45, 7) is 7.89. The highest BCUT2D eigenvalue weighted by Crippen LogP contribution is 2.53. The highest BCUT2D eigenvalue weighted by atomic mass is 16.5. The van der Waals surface area contributed by atoms with E-state index < -0.39 is 0 Å². The maximum absolute atomic E-state index is 12.5. The van der Waals surface area contributed by atoms with Crippen LogP contribution >= 0.6 is 0 Å². The van der Waals surface area contributed by atoms with Gasteiger partial charge in [-0.25, -0.2) is 0 Å². The molecule has 140 valence electrons. The zero-order chi connectivity index (χ0) is 17.7. The van der Waals surface area contributed by atoms with Gasteiger partial charge in [0.2, 0.25) is 5.91 Å². The molecule has 4 aliphatic rings. The molecule has 5 rings (SSSR count). The van der Waals surface area contributed by atoms with Crippen molar-refractivity contribution in [2.75, 3.05) is 39.4 Å². The second-order valence-electron chi connectivity index (χ2n) is 8.84. The van der Waals surface area contributed by atoms with Crippen LogP contribution in [-0.4, -0.2) is 55.1 Å². The molecule has 0 aromatic heterocycles. The molecule has 0 N–H and O–H groups in total. The second kappa shape index (κ2) is 6.35. The summed E-state index contributed by atoms with van der Waals surface area (Å²) in [6, 6.07) is 7.62. The molecule has 1 saturated carbocycles. The molecule has 0 bridgehead atoms. The molecule has 1 atom stereocenters. The quantitative estimate of drug-likeness (QED) is 0.818. The Labute approximate surface area is 156 Å². The molecule has 1 spiro atoms. The summed E-state index contributed by atoms with van der Waals surface area (Å²) in [5.74, 6) is 0.773. The summed E-state index contributed by atoms with van der Waals surface area (Å²) in [6.07, 6.45) is 5.70. The molecule has 26 heavy (non-hydrogen) atoms. The van der Waals surface area contributed by atoms with Gasteiger partial charge in [0.25, 0.3) is 0 Å². The lowest BCUT2D eigenvalue weighted by Gasteiger charge is -2.41. The lowest BCUT2D eigenvalue weighted by Crippen LogP contribution is -2.45. The van der Waals surface area contributed by atoms with Crippen molar-refractivity contribution in [1.82, 2.24) is 9.80 Å². The summed E-state index contributed by atoms with van der Waals surface area (Å²) < 4.78 is 5.59. The summed E-state index contributed by atoms with van der Waals surface area (Å²) in [5.41, 5.74) is 4.75. The Hall–Kier alpha value is -1.39. The van der Waals surface area contributed by atoms with E-state index in [0.29, 0.717) is 17.9 Å². The Bertz CT molecular complexity index is 698. The van der Waals surface area contributed by atoms with Crippen molar-refractivity contribution in [2.45, 2.75) is 50.5 Å². The summed E-state index contributed by atoms with van der Waals surface area (Å²) in [7, 11) is 0. The first-order chi connectivity index (χ1) is 12.7. The Morgan fingerprint density at radius 1 is 1.12 bits per heavy atom. The Balaban J connectivity index is 1.41. The minimum atomic E-state index is 0.269. The van der Waals surface area contributed by atoms with Crippen molar-refractivity contribution in [3.63, 3.8) is 0 Å². The van der Waals surface area contributed by atoms with Crippen LogP contribution in [0.2, 0.25) is 0 Å². The highest BCUT2D eigenvalue weighted by molar-refractivity contribution is 5.81. The fourth-order valence-electron chi connectivity index (χ4n) is 5.44. The van der Waals surface area contributed by atoms with Crippen molar-refractivity contribution < 1.29 is 9.53 Å². The summed E-state index contributed by atoms with van der Waals surface area (Å²) in [4.78, 5) is 17.3. The van der Waals surface area contributed by atoms with E-state index in [9.17, 15) is 4.79 Å². The lowest BCUT2D eigenvalue weighted by molar-refractivity contribution is -0.134. The van der Waals surface area contributed by atoms with Crippen LogP contribution in [0.25, 0.3) is 0 Å². The molecule has 1 aromatic rings. The fourth-order valence-corrected chi connectivity index (χ4v) is 5.44. The number of carbonyl (C=O) groups is 1. The van der Waals surface area contributed by atoms with E-state index >= 15 is 0 Å². The molecule has 2 saturated heterocycles. The molecule has 1 amide bonds. The van der Waals surface area contributed by atoms with Gasteiger partial charge in [0.05, 0.1) is 13.2 Å². The van der Waals surface area contributed by atoms with Gasteiger partial charge in [0, 0.05) is 43.6 Å². The van der Waals surface area contributed by atoms with Gasteiger partial charge in [-0.1, -0.05) is 23.8 Å². The summed E-state index contributed by atoms with van der Waals surface area (Å²) in [5, 5.41) is 0. The molecule has 4 nitrogen and oxygen atoms in total. The van der Waals surface area contributed by atoms with Gasteiger partial charge in [0.15, 0.2) is 0 Å². The van der Waals surface area contributed by atoms with Crippen LogP contribution in [0.3, 0.4) is 0 Å². The summed E-state index contributed by atoms with van der Waals surface area (Å²) >= 11 is 0. The van der Waals surface area contributed by atoms with E-state index in [4.69, 9.17) is 4.74 Å². The first-order valence-corrected chi connectivity index (χ1v) is 10.4. The third kappa shape index (κ3) is 2.78. The van der Waals surface area contributed by atoms with E-state index in [1.807, 2.05) is 0 Å².